The first kappa shape index (κ1) is 10.3. The lowest BCUT2D eigenvalue weighted by atomic mass is 10.2. The van der Waals surface area contributed by atoms with Crippen LogP contribution in [-0.4, -0.2) is 21.2 Å². The molecule has 0 unspecified atom stereocenters. The van der Waals surface area contributed by atoms with E-state index in [1.807, 2.05) is 0 Å². The van der Waals surface area contributed by atoms with Gasteiger partial charge in [0.25, 0.3) is 5.89 Å². The van der Waals surface area contributed by atoms with Crippen LogP contribution in [0.5, 0.6) is 0 Å². The quantitative estimate of drug-likeness (QED) is 0.869. The molecule has 1 aliphatic carbocycles. The van der Waals surface area contributed by atoms with E-state index in [1.54, 1.807) is 0 Å². The minimum absolute atomic E-state index is 0.192. The van der Waals surface area contributed by atoms with Crippen LogP contribution in [0.1, 0.15) is 18.7 Å². The van der Waals surface area contributed by atoms with Crippen LogP contribution >= 0.6 is 0 Å². The Balaban J connectivity index is 1.77. The average Bonchev–Trinajstić information content (AvgIpc) is 3.06. The van der Waals surface area contributed by atoms with Crippen LogP contribution in [0.3, 0.4) is 0 Å². The molecule has 5 nitrogen and oxygen atoms in total. The van der Waals surface area contributed by atoms with Crippen LogP contribution in [0.15, 0.2) is 23.0 Å². The summed E-state index contributed by atoms with van der Waals surface area (Å²) < 4.78 is 18.4. The van der Waals surface area contributed by atoms with Crippen molar-refractivity contribution in [1.29, 1.82) is 0 Å². The summed E-state index contributed by atoms with van der Waals surface area (Å²) in [5, 5.41) is 7.06. The maximum absolute atomic E-state index is 13.4. The van der Waals surface area contributed by atoms with Gasteiger partial charge in [-0.2, -0.15) is 4.98 Å². The van der Waals surface area contributed by atoms with Crippen molar-refractivity contribution in [2.24, 2.45) is 0 Å². The number of aromatic nitrogens is 3. The van der Waals surface area contributed by atoms with E-state index in [9.17, 15) is 4.39 Å². The molecule has 0 saturated heterocycles. The highest BCUT2D eigenvalue weighted by atomic mass is 19.1. The third-order valence-electron chi connectivity index (χ3n) is 2.60. The van der Waals surface area contributed by atoms with Crippen LogP contribution in [0.2, 0.25) is 0 Å². The Morgan fingerprint density at radius 3 is 3.12 bits per heavy atom. The molecule has 3 rings (SSSR count). The van der Waals surface area contributed by atoms with E-state index in [0.29, 0.717) is 18.4 Å². The second-order valence-electron chi connectivity index (χ2n) is 4.03. The maximum Gasteiger partial charge on any atom is 0.261 e. The number of hydrogen-bond acceptors (Lipinski definition) is 5. The summed E-state index contributed by atoms with van der Waals surface area (Å²) in [5.74, 6) is 0.276. The van der Waals surface area contributed by atoms with E-state index in [-0.39, 0.29) is 11.5 Å². The number of rotatable bonds is 4. The van der Waals surface area contributed by atoms with Gasteiger partial charge in [0.1, 0.15) is 0 Å². The van der Waals surface area contributed by atoms with Crippen molar-refractivity contribution in [3.63, 3.8) is 0 Å². The normalized spacial score (nSPS) is 15.1. The van der Waals surface area contributed by atoms with Gasteiger partial charge >= 0.3 is 0 Å². The number of nitrogens with one attached hydrogen (secondary N) is 1. The smallest absolute Gasteiger partial charge is 0.261 e. The first-order valence-electron chi connectivity index (χ1n) is 5.49. The molecule has 2 aromatic heterocycles. The lowest BCUT2D eigenvalue weighted by Crippen LogP contribution is -2.16. The topological polar surface area (TPSA) is 63.8 Å². The van der Waals surface area contributed by atoms with E-state index in [4.69, 9.17) is 4.52 Å². The Morgan fingerprint density at radius 1 is 1.47 bits per heavy atom. The van der Waals surface area contributed by atoms with Crippen molar-refractivity contribution in [2.75, 3.05) is 0 Å². The van der Waals surface area contributed by atoms with Crippen LogP contribution in [-0.2, 0) is 6.54 Å². The van der Waals surface area contributed by atoms with Gasteiger partial charge in [0.2, 0.25) is 0 Å². The molecule has 17 heavy (non-hydrogen) atoms. The van der Waals surface area contributed by atoms with Gasteiger partial charge in [-0.05, 0) is 18.9 Å². The predicted molar refractivity (Wildman–Crippen MR) is 57.3 cm³/mol. The van der Waals surface area contributed by atoms with E-state index in [0.717, 1.165) is 6.20 Å². The Kier molecular flexibility index (Phi) is 2.56. The van der Waals surface area contributed by atoms with Crippen LogP contribution in [0.4, 0.5) is 4.39 Å². The fourth-order valence-corrected chi connectivity index (χ4v) is 1.51. The summed E-state index contributed by atoms with van der Waals surface area (Å²) in [7, 11) is 0. The van der Waals surface area contributed by atoms with Crippen LogP contribution in [0, 0.1) is 5.82 Å². The molecule has 2 heterocycles. The highest BCUT2D eigenvalue weighted by Crippen LogP contribution is 2.21. The highest BCUT2D eigenvalue weighted by molar-refractivity contribution is 5.52. The Hall–Kier alpha value is -1.82. The molecule has 88 valence electrons. The standard InChI is InChI=1S/C11H11FN4O/c12-9-5-13-4-3-8(9)11-15-10(16-17-11)6-14-7-1-2-7/h3-5,7,14H,1-2,6H2. The summed E-state index contributed by atoms with van der Waals surface area (Å²) >= 11 is 0. The predicted octanol–water partition coefficient (Wildman–Crippen LogP) is 1.52. The second-order valence-corrected chi connectivity index (χ2v) is 4.03. The van der Waals surface area contributed by atoms with Gasteiger partial charge in [0.05, 0.1) is 18.3 Å². The van der Waals surface area contributed by atoms with E-state index >= 15 is 0 Å². The zero-order valence-corrected chi connectivity index (χ0v) is 9.06. The summed E-state index contributed by atoms with van der Waals surface area (Å²) in [6, 6.07) is 2.09. The van der Waals surface area contributed by atoms with Crippen molar-refractivity contribution >= 4 is 0 Å². The average molecular weight is 234 g/mol. The fourth-order valence-electron chi connectivity index (χ4n) is 1.51. The lowest BCUT2D eigenvalue weighted by molar-refractivity contribution is 0.417. The minimum atomic E-state index is -0.460. The number of pyridine rings is 1. The molecule has 0 bridgehead atoms. The lowest BCUT2D eigenvalue weighted by Gasteiger charge is -1.95. The summed E-state index contributed by atoms with van der Waals surface area (Å²) in [5.41, 5.74) is 0.283. The van der Waals surface area contributed by atoms with Crippen LogP contribution in [0.25, 0.3) is 11.5 Å². The molecule has 0 aromatic carbocycles. The Morgan fingerprint density at radius 2 is 2.35 bits per heavy atom. The third-order valence-corrected chi connectivity index (χ3v) is 2.60. The van der Waals surface area contributed by atoms with Crippen molar-refractivity contribution in [3.8, 4) is 11.5 Å². The summed E-state index contributed by atoms with van der Waals surface area (Å²) in [6.45, 7) is 0.556. The first-order valence-corrected chi connectivity index (χ1v) is 5.49. The molecule has 0 spiro atoms. The van der Waals surface area contributed by atoms with Crippen molar-refractivity contribution in [3.05, 3.63) is 30.1 Å². The van der Waals surface area contributed by atoms with E-state index in [2.05, 4.69) is 20.4 Å². The van der Waals surface area contributed by atoms with Gasteiger partial charge in [-0.1, -0.05) is 5.16 Å². The van der Waals surface area contributed by atoms with Gasteiger partial charge in [-0.3, -0.25) is 4.98 Å². The number of halogens is 1. The Bertz CT molecular complexity index is 524. The number of hydrogen-bond donors (Lipinski definition) is 1. The zero-order valence-electron chi connectivity index (χ0n) is 9.06. The molecule has 0 atom stereocenters. The van der Waals surface area contributed by atoms with Crippen molar-refractivity contribution < 1.29 is 8.91 Å². The SMILES string of the molecule is Fc1cnccc1-c1nc(CNC2CC2)no1. The van der Waals surface area contributed by atoms with Gasteiger partial charge in [-0.15, -0.1) is 0 Å². The molecular formula is C11H11FN4O. The molecular weight excluding hydrogens is 223 g/mol. The second kappa shape index (κ2) is 4.21. The molecule has 0 amide bonds. The largest absolute Gasteiger partial charge is 0.334 e. The molecule has 1 N–H and O–H groups in total. The number of nitrogens with zero attached hydrogens (tertiary/aromatic N) is 3. The summed E-state index contributed by atoms with van der Waals surface area (Å²) in [6.07, 6.45) is 5.01. The molecule has 0 radical (unpaired) electrons. The van der Waals surface area contributed by atoms with Gasteiger partial charge in [-0.25, -0.2) is 4.39 Å². The van der Waals surface area contributed by atoms with E-state index in [1.165, 1.54) is 25.1 Å². The monoisotopic (exact) mass is 234 g/mol. The van der Waals surface area contributed by atoms with Gasteiger partial charge in [0, 0.05) is 12.2 Å². The van der Waals surface area contributed by atoms with Crippen LogP contribution < -0.4 is 5.32 Å². The third kappa shape index (κ3) is 2.31. The molecule has 0 aliphatic heterocycles. The molecule has 6 heteroatoms. The van der Waals surface area contributed by atoms with Crippen molar-refractivity contribution in [2.45, 2.75) is 25.4 Å². The summed E-state index contributed by atoms with van der Waals surface area (Å²) in [4.78, 5) is 7.80. The van der Waals surface area contributed by atoms with Gasteiger partial charge in [0.15, 0.2) is 11.6 Å². The van der Waals surface area contributed by atoms with Crippen molar-refractivity contribution in [1.82, 2.24) is 20.4 Å². The molecule has 1 fully saturated rings. The fraction of sp³-hybridized carbons (Fsp3) is 0.364. The highest BCUT2D eigenvalue weighted by Gasteiger charge is 2.21. The first-order chi connectivity index (χ1) is 8.33. The Labute approximate surface area is 97.1 Å². The zero-order chi connectivity index (χ0) is 11.7. The maximum atomic E-state index is 13.4. The molecule has 2 aromatic rings. The molecule has 1 aliphatic rings. The molecule has 1 saturated carbocycles. The minimum Gasteiger partial charge on any atom is -0.334 e. The van der Waals surface area contributed by atoms with Gasteiger partial charge < -0.3 is 9.84 Å². The van der Waals surface area contributed by atoms with E-state index < -0.39 is 5.82 Å².